The first-order chi connectivity index (χ1) is 7.25. The molecule has 0 bridgehead atoms. The normalized spacial score (nSPS) is 20.5. The summed E-state index contributed by atoms with van der Waals surface area (Å²) in [6, 6.07) is 1.63. The number of nitrogens with one attached hydrogen (secondary N) is 1. The lowest BCUT2D eigenvalue weighted by Crippen LogP contribution is -2.29. The van der Waals surface area contributed by atoms with E-state index in [4.69, 9.17) is 9.26 Å². The van der Waals surface area contributed by atoms with E-state index in [-0.39, 0.29) is 5.91 Å². The van der Waals surface area contributed by atoms with E-state index in [0.717, 1.165) is 19.6 Å². The Balaban J connectivity index is 1.81. The molecule has 2 heterocycles. The quantitative estimate of drug-likeness (QED) is 0.799. The zero-order valence-electron chi connectivity index (χ0n) is 8.66. The highest BCUT2D eigenvalue weighted by molar-refractivity contribution is 5.92. The average molecular weight is 210 g/mol. The Hall–Kier alpha value is -1.36. The van der Waals surface area contributed by atoms with Gasteiger partial charge in [-0.15, -0.1) is 0 Å². The summed E-state index contributed by atoms with van der Waals surface area (Å²) in [6.45, 7) is 3.93. The summed E-state index contributed by atoms with van der Waals surface area (Å²) >= 11 is 0. The van der Waals surface area contributed by atoms with Crippen LogP contribution < -0.4 is 5.32 Å². The molecule has 5 nitrogen and oxygen atoms in total. The van der Waals surface area contributed by atoms with Crippen LogP contribution in [0.5, 0.6) is 0 Å². The van der Waals surface area contributed by atoms with Crippen molar-refractivity contribution in [2.45, 2.75) is 13.3 Å². The zero-order chi connectivity index (χ0) is 10.7. The number of hydrogen-bond donors (Lipinski definition) is 1. The van der Waals surface area contributed by atoms with Crippen molar-refractivity contribution in [3.8, 4) is 0 Å². The number of aryl methyl sites for hydroxylation is 1. The topological polar surface area (TPSA) is 64.4 Å². The molecule has 5 heteroatoms. The van der Waals surface area contributed by atoms with Gasteiger partial charge in [0.05, 0.1) is 6.61 Å². The minimum atomic E-state index is -0.182. The average Bonchev–Trinajstić information content (AvgIpc) is 2.84. The summed E-state index contributed by atoms with van der Waals surface area (Å²) in [6.07, 6.45) is 1.01. The molecule has 0 unspecified atom stereocenters. The maximum absolute atomic E-state index is 11.5. The molecule has 1 aliphatic heterocycles. The minimum Gasteiger partial charge on any atom is -0.381 e. The summed E-state index contributed by atoms with van der Waals surface area (Å²) in [5, 5.41) is 6.46. The van der Waals surface area contributed by atoms with Crippen LogP contribution in [0.15, 0.2) is 10.6 Å². The van der Waals surface area contributed by atoms with E-state index < -0.39 is 0 Å². The standard InChI is InChI=1S/C10H14N2O3/c1-7-4-9(12-15-7)10(13)11-5-8-2-3-14-6-8/h4,8H,2-3,5-6H2,1H3,(H,11,13)/t8-/m0/s1. The SMILES string of the molecule is Cc1cc(C(=O)NC[C@@H]2CCOC2)no1. The fraction of sp³-hybridized carbons (Fsp3) is 0.600. The third-order valence-electron chi connectivity index (χ3n) is 2.44. The summed E-state index contributed by atoms with van der Waals surface area (Å²) in [5.74, 6) is 0.894. The summed E-state index contributed by atoms with van der Waals surface area (Å²) < 4.78 is 10.0. The predicted octanol–water partition coefficient (Wildman–Crippen LogP) is 0.749. The van der Waals surface area contributed by atoms with Gasteiger partial charge in [-0.05, 0) is 13.3 Å². The second-order valence-electron chi connectivity index (χ2n) is 3.76. The summed E-state index contributed by atoms with van der Waals surface area (Å²) in [4.78, 5) is 11.5. The van der Waals surface area contributed by atoms with Gasteiger partial charge >= 0.3 is 0 Å². The maximum Gasteiger partial charge on any atom is 0.273 e. The van der Waals surface area contributed by atoms with Gasteiger partial charge in [0.25, 0.3) is 5.91 Å². The fourth-order valence-electron chi connectivity index (χ4n) is 1.55. The van der Waals surface area contributed by atoms with Crippen LogP contribution in [0.2, 0.25) is 0 Å². The molecular weight excluding hydrogens is 196 g/mol. The fourth-order valence-corrected chi connectivity index (χ4v) is 1.55. The van der Waals surface area contributed by atoms with Gasteiger partial charge < -0.3 is 14.6 Å². The highest BCUT2D eigenvalue weighted by Crippen LogP contribution is 2.11. The molecule has 1 aliphatic rings. The molecule has 0 aliphatic carbocycles. The highest BCUT2D eigenvalue weighted by Gasteiger charge is 2.17. The Morgan fingerprint density at radius 1 is 1.73 bits per heavy atom. The summed E-state index contributed by atoms with van der Waals surface area (Å²) in [7, 11) is 0. The molecule has 0 radical (unpaired) electrons. The third kappa shape index (κ3) is 2.56. The number of carbonyl (C=O) groups excluding carboxylic acids is 1. The van der Waals surface area contributed by atoms with Gasteiger partial charge in [0.2, 0.25) is 0 Å². The molecule has 1 fully saturated rings. The zero-order valence-corrected chi connectivity index (χ0v) is 8.66. The van der Waals surface area contributed by atoms with Crippen LogP contribution in [-0.2, 0) is 4.74 Å². The van der Waals surface area contributed by atoms with E-state index in [0.29, 0.717) is 23.9 Å². The first-order valence-electron chi connectivity index (χ1n) is 5.05. The molecule has 1 saturated heterocycles. The molecule has 0 saturated carbocycles. The van der Waals surface area contributed by atoms with Gasteiger partial charge in [-0.1, -0.05) is 5.16 Å². The first-order valence-corrected chi connectivity index (χ1v) is 5.05. The Morgan fingerprint density at radius 2 is 2.60 bits per heavy atom. The smallest absolute Gasteiger partial charge is 0.273 e. The third-order valence-corrected chi connectivity index (χ3v) is 2.44. The number of hydrogen-bond acceptors (Lipinski definition) is 4. The molecule has 1 aromatic rings. The van der Waals surface area contributed by atoms with Crippen LogP contribution in [-0.4, -0.2) is 30.8 Å². The van der Waals surface area contributed by atoms with Crippen LogP contribution in [0.1, 0.15) is 22.7 Å². The lowest BCUT2D eigenvalue weighted by atomic mass is 10.1. The highest BCUT2D eigenvalue weighted by atomic mass is 16.5. The van der Waals surface area contributed by atoms with Crippen molar-refractivity contribution in [1.29, 1.82) is 0 Å². The van der Waals surface area contributed by atoms with Crippen molar-refractivity contribution in [2.24, 2.45) is 5.92 Å². The van der Waals surface area contributed by atoms with Crippen molar-refractivity contribution in [3.05, 3.63) is 17.5 Å². The molecule has 1 N–H and O–H groups in total. The molecular formula is C10H14N2O3. The Bertz CT molecular complexity index is 342. The monoisotopic (exact) mass is 210 g/mol. The first kappa shape index (κ1) is 10.2. The Kier molecular flexibility index (Phi) is 3.01. The number of aromatic nitrogens is 1. The molecule has 2 rings (SSSR count). The number of rotatable bonds is 3. The van der Waals surface area contributed by atoms with Gasteiger partial charge in [0.15, 0.2) is 5.69 Å². The Labute approximate surface area is 87.8 Å². The van der Waals surface area contributed by atoms with Crippen molar-refractivity contribution >= 4 is 5.91 Å². The van der Waals surface area contributed by atoms with Crippen molar-refractivity contribution < 1.29 is 14.1 Å². The largest absolute Gasteiger partial charge is 0.381 e. The van der Waals surface area contributed by atoms with E-state index in [2.05, 4.69) is 10.5 Å². The molecule has 0 aromatic carbocycles. The maximum atomic E-state index is 11.5. The van der Waals surface area contributed by atoms with Crippen LogP contribution in [0.3, 0.4) is 0 Å². The summed E-state index contributed by atoms with van der Waals surface area (Å²) in [5.41, 5.74) is 0.339. The number of ether oxygens (including phenoxy) is 1. The van der Waals surface area contributed by atoms with Gasteiger partial charge in [-0.3, -0.25) is 4.79 Å². The molecule has 1 amide bonds. The van der Waals surface area contributed by atoms with E-state index in [1.165, 1.54) is 0 Å². The lowest BCUT2D eigenvalue weighted by Gasteiger charge is -2.07. The second kappa shape index (κ2) is 4.44. The van der Waals surface area contributed by atoms with Crippen molar-refractivity contribution in [2.75, 3.05) is 19.8 Å². The van der Waals surface area contributed by atoms with Crippen molar-refractivity contribution in [3.63, 3.8) is 0 Å². The molecule has 1 aromatic heterocycles. The molecule has 15 heavy (non-hydrogen) atoms. The minimum absolute atomic E-state index is 0.182. The van der Waals surface area contributed by atoms with Gasteiger partial charge in [0.1, 0.15) is 5.76 Å². The van der Waals surface area contributed by atoms with Gasteiger partial charge in [-0.25, -0.2) is 0 Å². The lowest BCUT2D eigenvalue weighted by molar-refractivity contribution is 0.0936. The second-order valence-corrected chi connectivity index (χ2v) is 3.76. The van der Waals surface area contributed by atoms with Crippen molar-refractivity contribution in [1.82, 2.24) is 10.5 Å². The van der Waals surface area contributed by atoms with Crippen LogP contribution >= 0.6 is 0 Å². The van der Waals surface area contributed by atoms with E-state index in [1.807, 2.05) is 0 Å². The van der Waals surface area contributed by atoms with Gasteiger partial charge in [-0.2, -0.15) is 0 Å². The van der Waals surface area contributed by atoms with Crippen LogP contribution in [0.4, 0.5) is 0 Å². The van der Waals surface area contributed by atoms with E-state index in [1.54, 1.807) is 13.0 Å². The number of nitrogens with zero attached hydrogens (tertiary/aromatic N) is 1. The van der Waals surface area contributed by atoms with Gasteiger partial charge in [0, 0.05) is 25.1 Å². The Morgan fingerprint density at radius 3 is 3.20 bits per heavy atom. The van der Waals surface area contributed by atoms with E-state index in [9.17, 15) is 4.79 Å². The molecule has 1 atom stereocenters. The molecule has 0 spiro atoms. The van der Waals surface area contributed by atoms with Crippen LogP contribution in [0, 0.1) is 12.8 Å². The van der Waals surface area contributed by atoms with Crippen LogP contribution in [0.25, 0.3) is 0 Å². The van der Waals surface area contributed by atoms with E-state index >= 15 is 0 Å². The predicted molar refractivity (Wildman–Crippen MR) is 52.5 cm³/mol. The number of amides is 1. The number of carbonyl (C=O) groups is 1. The molecule has 82 valence electrons.